The molecule has 1 aliphatic heterocycles. The number of halogens is 1. The Bertz CT molecular complexity index is 1100. The fourth-order valence-electron chi connectivity index (χ4n) is 4.25. The molecule has 0 saturated carbocycles. The quantitative estimate of drug-likeness (QED) is 0.228. The molecule has 0 saturated heterocycles. The van der Waals surface area contributed by atoms with Gasteiger partial charge in [0.25, 0.3) is 0 Å². The maximum atomic E-state index is 12.4. The van der Waals surface area contributed by atoms with E-state index in [1.54, 1.807) is 0 Å². The molecule has 2 aliphatic rings. The van der Waals surface area contributed by atoms with Crippen LogP contribution in [0.3, 0.4) is 0 Å². The molecule has 0 fully saturated rings. The molecule has 0 bridgehead atoms. The van der Waals surface area contributed by atoms with Crippen LogP contribution in [0.5, 0.6) is 0 Å². The van der Waals surface area contributed by atoms with Crippen LogP contribution in [0, 0.1) is 13.8 Å². The fraction of sp³-hybridized carbons (Fsp3) is 0.321. The normalized spacial score (nSPS) is 20.3. The molecule has 1 aliphatic carbocycles. The molecule has 2 atom stereocenters. The lowest BCUT2D eigenvalue weighted by Gasteiger charge is -2.32. The molecule has 2 nitrogen and oxygen atoms in total. The van der Waals surface area contributed by atoms with Crippen molar-refractivity contribution >= 4 is 40.6 Å². The summed E-state index contributed by atoms with van der Waals surface area (Å²) in [6.45, 7) is 4.20. The minimum absolute atomic E-state index is 0.379. The van der Waals surface area contributed by atoms with Crippen molar-refractivity contribution in [1.82, 2.24) is 0 Å². The van der Waals surface area contributed by atoms with Crippen LogP contribution in [0.25, 0.3) is 0 Å². The van der Waals surface area contributed by atoms with Gasteiger partial charge in [-0.25, -0.2) is 0 Å². The lowest BCUT2D eigenvalue weighted by Crippen LogP contribution is -2.30. The highest BCUT2D eigenvalue weighted by Crippen LogP contribution is 2.42. The topological polar surface area (TPSA) is 32.6 Å². The second-order valence-corrected chi connectivity index (χ2v) is 11.2. The summed E-state index contributed by atoms with van der Waals surface area (Å²) in [4.78, 5) is 5.98. The first-order chi connectivity index (χ1) is 15.5. The van der Waals surface area contributed by atoms with E-state index in [2.05, 4.69) is 85.0 Å². The van der Waals surface area contributed by atoms with Crippen LogP contribution in [0.1, 0.15) is 47.9 Å². The number of hydrogen-bond acceptors (Lipinski definition) is 3. The van der Waals surface area contributed by atoms with Crippen molar-refractivity contribution in [3.8, 4) is 0 Å². The molecule has 2 unspecified atom stereocenters. The van der Waals surface area contributed by atoms with Gasteiger partial charge in [-0.2, -0.15) is 0 Å². The van der Waals surface area contributed by atoms with Crippen LogP contribution in [0.2, 0.25) is 0 Å². The first-order valence-corrected chi connectivity index (χ1v) is 13.5. The van der Waals surface area contributed by atoms with Crippen molar-refractivity contribution in [1.29, 1.82) is 0 Å². The third-order valence-electron chi connectivity index (χ3n) is 6.30. The molecule has 1 heterocycles. The molecule has 4 rings (SSSR count). The van der Waals surface area contributed by atoms with E-state index < -0.39 is 5.60 Å². The smallest absolute Gasteiger partial charge is 0.157 e. The van der Waals surface area contributed by atoms with Crippen molar-refractivity contribution < 1.29 is 5.11 Å². The lowest BCUT2D eigenvalue weighted by molar-refractivity contribution is 0.118. The Morgan fingerprint density at radius 2 is 2.00 bits per heavy atom. The molecule has 0 aromatic heterocycles. The Hall–Kier alpha value is -1.63. The highest BCUT2D eigenvalue weighted by atomic mass is 127. The van der Waals surface area contributed by atoms with Crippen LogP contribution < -0.4 is 0 Å². The van der Waals surface area contributed by atoms with Gasteiger partial charge in [-0.1, -0.05) is 82.8 Å². The number of rotatable bonds is 6. The van der Waals surface area contributed by atoms with Crippen LogP contribution in [-0.2, 0) is 5.60 Å². The van der Waals surface area contributed by atoms with E-state index in [-0.39, 0.29) is 0 Å². The Balaban J connectivity index is 1.76. The van der Waals surface area contributed by atoms with Gasteiger partial charge in [0, 0.05) is 20.8 Å². The summed E-state index contributed by atoms with van der Waals surface area (Å²) in [5.74, 6) is 0.979. The summed E-state index contributed by atoms with van der Waals surface area (Å²) in [6, 6.07) is 14.6. The predicted octanol–water partition coefficient (Wildman–Crippen LogP) is 7.46. The van der Waals surface area contributed by atoms with Crippen LogP contribution >= 0.6 is 34.4 Å². The summed E-state index contributed by atoms with van der Waals surface area (Å²) in [7, 11) is 0. The van der Waals surface area contributed by atoms with Crippen LogP contribution in [0.15, 0.2) is 87.9 Å². The fourth-order valence-corrected chi connectivity index (χ4v) is 5.75. The highest BCUT2D eigenvalue weighted by Gasteiger charge is 2.38. The number of alkyl halides is 1. The average molecular weight is 556 g/mol. The molecule has 4 heteroatoms. The van der Waals surface area contributed by atoms with Crippen molar-refractivity contribution in [2.75, 3.05) is 5.75 Å². The van der Waals surface area contributed by atoms with Gasteiger partial charge in [0.1, 0.15) is 0 Å². The highest BCUT2D eigenvalue weighted by molar-refractivity contribution is 14.1. The van der Waals surface area contributed by atoms with Gasteiger partial charge in [-0.15, -0.1) is 11.8 Å². The van der Waals surface area contributed by atoms with Crippen molar-refractivity contribution in [3.05, 3.63) is 100 Å². The number of aliphatic imine (C=N–C) groups is 1. The number of allylic oxidation sites excluding steroid dienone is 4. The largest absolute Gasteiger partial charge is 0.374 e. The maximum absolute atomic E-state index is 12.4. The standard InChI is InChI=1S/C28H30INOS/c1-20-9-6-15-26(21(20)2)28(31,27-16-8-13-24(29)18-30-27)23-12-7-14-25(17-23)32-19-22-10-4-3-5-11-22/h3-4,6-7,9-10,12,14-18,24,31H,5,8,11,13,19H2,1-2H3. The minimum atomic E-state index is -1.28. The van der Waals surface area contributed by atoms with Crippen LogP contribution in [0.4, 0.5) is 0 Å². The second kappa shape index (κ2) is 10.5. The predicted molar refractivity (Wildman–Crippen MR) is 146 cm³/mol. The second-order valence-electron chi connectivity index (χ2n) is 8.53. The van der Waals surface area contributed by atoms with E-state index in [0.717, 1.165) is 53.8 Å². The maximum Gasteiger partial charge on any atom is 0.157 e. The zero-order valence-corrected chi connectivity index (χ0v) is 21.7. The van der Waals surface area contributed by atoms with Gasteiger partial charge in [-0.3, -0.25) is 4.99 Å². The Kier molecular flexibility index (Phi) is 7.74. The molecule has 166 valence electrons. The summed E-state index contributed by atoms with van der Waals surface area (Å²) in [5.41, 5.74) is 4.99. The molecule has 1 N–H and O–H groups in total. The zero-order chi connectivity index (χ0) is 22.6. The Morgan fingerprint density at radius 1 is 1.16 bits per heavy atom. The van der Waals surface area contributed by atoms with Crippen molar-refractivity contribution in [2.24, 2.45) is 4.99 Å². The molecule has 2 aromatic rings. The number of aliphatic hydroxyl groups is 1. The van der Waals surface area contributed by atoms with E-state index in [0.29, 0.717) is 3.92 Å². The Labute approximate surface area is 209 Å². The monoisotopic (exact) mass is 555 g/mol. The van der Waals surface area contributed by atoms with Gasteiger partial charge in [-0.05, 0) is 73.9 Å². The van der Waals surface area contributed by atoms with Crippen LogP contribution in [-0.4, -0.2) is 21.0 Å². The van der Waals surface area contributed by atoms with E-state index >= 15 is 0 Å². The SMILES string of the molecule is Cc1cccc(C(O)(C2=CCCC(I)C=N2)c2cccc(SCC3=CC=CCC3)c2)c1C. The number of hydrogen-bond donors (Lipinski definition) is 1. The third-order valence-corrected chi connectivity index (χ3v) is 8.34. The lowest BCUT2D eigenvalue weighted by atomic mass is 9.80. The van der Waals surface area contributed by atoms with Crippen molar-refractivity contribution in [2.45, 2.75) is 54.0 Å². The summed E-state index contributed by atoms with van der Waals surface area (Å²) < 4.78 is 0.379. The molecule has 32 heavy (non-hydrogen) atoms. The van der Waals surface area contributed by atoms with Gasteiger partial charge < -0.3 is 5.11 Å². The van der Waals surface area contributed by atoms with Gasteiger partial charge in [0.15, 0.2) is 5.60 Å². The number of nitrogens with zero attached hydrogens (tertiary/aromatic N) is 1. The summed E-state index contributed by atoms with van der Waals surface area (Å²) in [5, 5.41) is 12.4. The average Bonchev–Trinajstić information content (AvgIpc) is 3.04. The first-order valence-electron chi connectivity index (χ1n) is 11.2. The molecule has 0 amide bonds. The number of aryl methyl sites for hydroxylation is 1. The van der Waals surface area contributed by atoms with Gasteiger partial charge in [0.05, 0.1) is 5.70 Å². The van der Waals surface area contributed by atoms with E-state index in [9.17, 15) is 5.11 Å². The minimum Gasteiger partial charge on any atom is -0.374 e. The van der Waals surface area contributed by atoms with E-state index in [1.165, 1.54) is 16.0 Å². The molecular weight excluding hydrogens is 525 g/mol. The molecule has 2 aromatic carbocycles. The van der Waals surface area contributed by atoms with Gasteiger partial charge in [0.2, 0.25) is 0 Å². The number of thioether (sulfide) groups is 1. The first kappa shape index (κ1) is 23.5. The zero-order valence-electron chi connectivity index (χ0n) is 18.7. The molecular formula is C28H30INOS. The third kappa shape index (κ3) is 5.13. The summed E-state index contributed by atoms with van der Waals surface area (Å²) >= 11 is 4.26. The van der Waals surface area contributed by atoms with E-state index in [1.807, 2.05) is 36.2 Å². The molecule has 0 radical (unpaired) electrons. The van der Waals surface area contributed by atoms with E-state index in [4.69, 9.17) is 4.99 Å². The number of benzene rings is 2. The molecule has 0 spiro atoms. The van der Waals surface area contributed by atoms with Gasteiger partial charge >= 0.3 is 0 Å². The van der Waals surface area contributed by atoms with Crippen molar-refractivity contribution in [3.63, 3.8) is 0 Å². The Morgan fingerprint density at radius 3 is 2.81 bits per heavy atom. The summed E-state index contributed by atoms with van der Waals surface area (Å²) in [6.07, 6.45) is 14.9.